The Morgan fingerprint density at radius 3 is 2.62 bits per heavy atom. The van der Waals surface area contributed by atoms with Crippen molar-refractivity contribution in [2.45, 2.75) is 18.5 Å². The van der Waals surface area contributed by atoms with E-state index in [0.717, 1.165) is 27.2 Å². The standard InChI is InChI=1S/C19H17ClN2OS/c1-12(23)17-18(21-11-13-6-4-3-5-7-13)15-10-14(20)8-9-16(15)22-19(17)24-2/h3-10H,11H2,1-2H3,(H,21,22). The Hall–Kier alpha value is -2.04. The second-order valence-corrected chi connectivity index (χ2v) is 6.66. The van der Waals surface area contributed by atoms with Crippen molar-refractivity contribution in [1.29, 1.82) is 0 Å². The number of hydrogen-bond acceptors (Lipinski definition) is 4. The molecule has 1 heterocycles. The van der Waals surface area contributed by atoms with E-state index in [1.54, 1.807) is 6.92 Å². The molecule has 1 N–H and O–H groups in total. The molecule has 1 aromatic heterocycles. The van der Waals surface area contributed by atoms with Gasteiger partial charge in [0.1, 0.15) is 5.03 Å². The van der Waals surface area contributed by atoms with Crippen molar-refractivity contribution in [2.75, 3.05) is 11.6 Å². The monoisotopic (exact) mass is 356 g/mol. The van der Waals surface area contributed by atoms with Crippen LogP contribution in [-0.4, -0.2) is 17.0 Å². The molecule has 0 amide bonds. The van der Waals surface area contributed by atoms with Gasteiger partial charge in [0.2, 0.25) is 0 Å². The molecule has 3 nitrogen and oxygen atoms in total. The molecule has 0 radical (unpaired) electrons. The number of anilines is 1. The van der Waals surface area contributed by atoms with E-state index in [2.05, 4.69) is 10.3 Å². The van der Waals surface area contributed by atoms with Crippen LogP contribution in [0.1, 0.15) is 22.8 Å². The third kappa shape index (κ3) is 3.40. The fourth-order valence-electron chi connectivity index (χ4n) is 2.66. The quantitative estimate of drug-likeness (QED) is 0.489. The van der Waals surface area contributed by atoms with Crippen molar-refractivity contribution in [3.63, 3.8) is 0 Å². The van der Waals surface area contributed by atoms with Gasteiger partial charge in [0, 0.05) is 17.0 Å². The zero-order valence-electron chi connectivity index (χ0n) is 13.5. The van der Waals surface area contributed by atoms with Gasteiger partial charge in [-0.3, -0.25) is 4.79 Å². The Balaban J connectivity index is 2.15. The van der Waals surface area contributed by atoms with E-state index in [1.165, 1.54) is 11.8 Å². The van der Waals surface area contributed by atoms with Crippen LogP contribution in [0, 0.1) is 0 Å². The lowest BCUT2D eigenvalue weighted by molar-refractivity contribution is 0.101. The maximum Gasteiger partial charge on any atom is 0.164 e. The van der Waals surface area contributed by atoms with Gasteiger partial charge in [-0.05, 0) is 36.9 Å². The minimum Gasteiger partial charge on any atom is -0.380 e. The summed E-state index contributed by atoms with van der Waals surface area (Å²) >= 11 is 7.64. The number of Topliss-reactive ketones (excluding diaryl/α,β-unsaturated/α-hetero) is 1. The van der Waals surface area contributed by atoms with E-state index in [1.807, 2.05) is 54.8 Å². The first kappa shape index (κ1) is 16.8. The van der Waals surface area contributed by atoms with Gasteiger partial charge in [0.25, 0.3) is 0 Å². The van der Waals surface area contributed by atoms with Crippen LogP contribution in [0.25, 0.3) is 10.9 Å². The predicted octanol–water partition coefficient (Wildman–Crippen LogP) is 5.42. The fraction of sp³-hybridized carbons (Fsp3) is 0.158. The SMILES string of the molecule is CSc1nc2ccc(Cl)cc2c(NCc2ccccc2)c1C(C)=O. The molecule has 24 heavy (non-hydrogen) atoms. The average Bonchev–Trinajstić information content (AvgIpc) is 2.59. The van der Waals surface area contributed by atoms with E-state index < -0.39 is 0 Å². The average molecular weight is 357 g/mol. The molecule has 0 unspecified atom stereocenters. The minimum atomic E-state index is -0.00992. The summed E-state index contributed by atoms with van der Waals surface area (Å²) < 4.78 is 0. The number of ketones is 1. The second kappa shape index (κ2) is 7.24. The maximum atomic E-state index is 12.3. The number of aromatic nitrogens is 1. The molecule has 3 aromatic rings. The number of hydrogen-bond donors (Lipinski definition) is 1. The molecule has 0 saturated heterocycles. The van der Waals surface area contributed by atoms with Crippen molar-refractivity contribution in [3.8, 4) is 0 Å². The summed E-state index contributed by atoms with van der Waals surface area (Å²) in [6, 6.07) is 15.6. The summed E-state index contributed by atoms with van der Waals surface area (Å²) in [7, 11) is 0. The van der Waals surface area contributed by atoms with Gasteiger partial charge in [0.05, 0.1) is 16.8 Å². The van der Waals surface area contributed by atoms with E-state index in [4.69, 9.17) is 11.6 Å². The lowest BCUT2D eigenvalue weighted by Gasteiger charge is -2.16. The Bertz CT molecular complexity index is 897. The first-order valence-electron chi connectivity index (χ1n) is 7.56. The summed E-state index contributed by atoms with van der Waals surface area (Å²) in [5.74, 6) is -0.00992. The lowest BCUT2D eigenvalue weighted by Crippen LogP contribution is -2.08. The highest BCUT2D eigenvalue weighted by Crippen LogP contribution is 2.34. The number of nitrogens with one attached hydrogen (secondary N) is 1. The van der Waals surface area contributed by atoms with Crippen molar-refractivity contribution >= 4 is 45.7 Å². The molecule has 5 heteroatoms. The van der Waals surface area contributed by atoms with Gasteiger partial charge >= 0.3 is 0 Å². The topological polar surface area (TPSA) is 42.0 Å². The van der Waals surface area contributed by atoms with E-state index in [-0.39, 0.29) is 5.78 Å². The van der Waals surface area contributed by atoms with Crippen molar-refractivity contribution in [1.82, 2.24) is 4.98 Å². The van der Waals surface area contributed by atoms with Crippen molar-refractivity contribution < 1.29 is 4.79 Å². The zero-order chi connectivity index (χ0) is 17.1. The summed E-state index contributed by atoms with van der Waals surface area (Å²) in [6.45, 7) is 2.20. The largest absolute Gasteiger partial charge is 0.380 e. The fourth-order valence-corrected chi connectivity index (χ4v) is 3.47. The lowest BCUT2D eigenvalue weighted by atomic mass is 10.1. The summed E-state index contributed by atoms with van der Waals surface area (Å²) in [5, 5.41) is 5.64. The van der Waals surface area contributed by atoms with Crippen LogP contribution in [-0.2, 0) is 6.54 Å². The van der Waals surface area contributed by atoms with Gasteiger partial charge in [-0.25, -0.2) is 4.98 Å². The highest BCUT2D eigenvalue weighted by atomic mass is 35.5. The Kier molecular flexibility index (Phi) is 5.07. The Morgan fingerprint density at radius 2 is 1.96 bits per heavy atom. The first-order valence-corrected chi connectivity index (χ1v) is 9.16. The number of fused-ring (bicyclic) bond motifs is 1. The van der Waals surface area contributed by atoms with Crippen LogP contribution in [0.15, 0.2) is 53.6 Å². The predicted molar refractivity (Wildman–Crippen MR) is 102 cm³/mol. The third-order valence-corrected chi connectivity index (χ3v) is 4.69. The molecule has 0 atom stereocenters. The third-order valence-electron chi connectivity index (χ3n) is 3.77. The van der Waals surface area contributed by atoms with E-state index in [0.29, 0.717) is 17.1 Å². The van der Waals surface area contributed by atoms with Crippen LogP contribution >= 0.6 is 23.4 Å². The number of carbonyl (C=O) groups excluding carboxylic acids is 1. The molecule has 0 aliphatic heterocycles. The van der Waals surface area contributed by atoms with Gasteiger partial charge < -0.3 is 5.32 Å². The van der Waals surface area contributed by atoms with Crippen LogP contribution in [0.2, 0.25) is 5.02 Å². The maximum absolute atomic E-state index is 12.3. The van der Waals surface area contributed by atoms with Crippen LogP contribution in [0.4, 0.5) is 5.69 Å². The van der Waals surface area contributed by atoms with Gasteiger partial charge in [-0.15, -0.1) is 11.8 Å². The normalized spacial score (nSPS) is 10.8. The van der Waals surface area contributed by atoms with Gasteiger partial charge in [0.15, 0.2) is 5.78 Å². The number of thioether (sulfide) groups is 1. The smallest absolute Gasteiger partial charge is 0.164 e. The summed E-state index contributed by atoms with van der Waals surface area (Å²) in [6.07, 6.45) is 1.93. The highest BCUT2D eigenvalue weighted by Gasteiger charge is 2.18. The van der Waals surface area contributed by atoms with Crippen molar-refractivity contribution in [3.05, 3.63) is 64.7 Å². The summed E-state index contributed by atoms with van der Waals surface area (Å²) in [5.41, 5.74) is 3.38. The number of benzene rings is 2. The minimum absolute atomic E-state index is 0.00992. The molecule has 3 rings (SSSR count). The molecule has 122 valence electrons. The molecule has 0 fully saturated rings. The molecule has 0 saturated carbocycles. The molecule has 0 bridgehead atoms. The zero-order valence-corrected chi connectivity index (χ0v) is 15.0. The number of carbonyl (C=O) groups is 1. The van der Waals surface area contributed by atoms with Crippen molar-refractivity contribution in [2.24, 2.45) is 0 Å². The van der Waals surface area contributed by atoms with Gasteiger partial charge in [-0.1, -0.05) is 41.9 Å². The van der Waals surface area contributed by atoms with E-state index in [9.17, 15) is 4.79 Å². The van der Waals surface area contributed by atoms with Gasteiger partial charge in [-0.2, -0.15) is 0 Å². The molecule has 0 aliphatic rings. The second-order valence-electron chi connectivity index (χ2n) is 5.43. The van der Waals surface area contributed by atoms with Crippen LogP contribution in [0.3, 0.4) is 0 Å². The molecular weight excluding hydrogens is 340 g/mol. The molecule has 0 aliphatic carbocycles. The van der Waals surface area contributed by atoms with E-state index >= 15 is 0 Å². The Morgan fingerprint density at radius 1 is 1.21 bits per heavy atom. The number of rotatable bonds is 5. The first-order chi connectivity index (χ1) is 11.6. The molecule has 0 spiro atoms. The molecular formula is C19H17ClN2OS. The Labute approximate surface area is 150 Å². The number of halogens is 1. The highest BCUT2D eigenvalue weighted by molar-refractivity contribution is 7.98. The number of pyridine rings is 1. The van der Waals surface area contributed by atoms with Crippen LogP contribution in [0.5, 0.6) is 0 Å². The van der Waals surface area contributed by atoms with Crippen LogP contribution < -0.4 is 5.32 Å². The molecule has 2 aromatic carbocycles. The summed E-state index contributed by atoms with van der Waals surface area (Å²) in [4.78, 5) is 16.9. The number of nitrogens with zero attached hydrogens (tertiary/aromatic N) is 1.